The van der Waals surface area contributed by atoms with Gasteiger partial charge in [0.1, 0.15) is 10.8 Å². The van der Waals surface area contributed by atoms with Crippen LogP contribution in [0.25, 0.3) is 0 Å². The number of hydrogen-bond acceptors (Lipinski definition) is 3. The lowest BCUT2D eigenvalue weighted by molar-refractivity contribution is 0.989. The summed E-state index contributed by atoms with van der Waals surface area (Å²) < 4.78 is 0. The van der Waals surface area contributed by atoms with E-state index >= 15 is 0 Å². The van der Waals surface area contributed by atoms with Crippen LogP contribution in [0.3, 0.4) is 0 Å². The van der Waals surface area contributed by atoms with Crippen LogP contribution < -0.4 is 11.1 Å². The van der Waals surface area contributed by atoms with Gasteiger partial charge in [0.15, 0.2) is 0 Å². The van der Waals surface area contributed by atoms with E-state index in [-0.39, 0.29) is 0 Å². The molecule has 1 aromatic carbocycles. The number of aromatic nitrogens is 1. The monoisotopic (exact) mass is 285 g/mol. The lowest BCUT2D eigenvalue weighted by Crippen LogP contribution is -2.12. The molecule has 3 N–H and O–H groups in total. The van der Waals surface area contributed by atoms with Gasteiger partial charge in [-0.05, 0) is 43.5 Å². The van der Waals surface area contributed by atoms with Gasteiger partial charge in [0.2, 0.25) is 0 Å². The van der Waals surface area contributed by atoms with Gasteiger partial charge in [-0.3, -0.25) is 0 Å². The normalized spacial score (nSPS) is 10.3. The first-order chi connectivity index (χ1) is 9.56. The molecule has 3 nitrogen and oxygen atoms in total. The number of aryl methyl sites for hydroxylation is 2. The average Bonchev–Trinajstić information content (AvgIpc) is 2.40. The molecule has 0 radical (unpaired) electrons. The zero-order chi connectivity index (χ0) is 14.5. The molecular weight excluding hydrogens is 266 g/mol. The second-order valence-electron chi connectivity index (χ2n) is 4.85. The Morgan fingerprint density at radius 2 is 2.00 bits per heavy atom. The Morgan fingerprint density at radius 3 is 2.70 bits per heavy atom. The maximum absolute atomic E-state index is 5.67. The molecular formula is C16H19N3S. The third-order valence-corrected chi connectivity index (χ3v) is 3.44. The molecule has 4 heteroatoms. The Hall–Kier alpha value is -1.94. The van der Waals surface area contributed by atoms with E-state index in [2.05, 4.69) is 41.5 Å². The summed E-state index contributed by atoms with van der Waals surface area (Å²) in [7, 11) is 0. The Morgan fingerprint density at radius 1 is 1.25 bits per heavy atom. The highest BCUT2D eigenvalue weighted by molar-refractivity contribution is 7.80. The summed E-state index contributed by atoms with van der Waals surface area (Å²) in [5, 5.41) is 3.33. The molecule has 0 aliphatic rings. The van der Waals surface area contributed by atoms with Gasteiger partial charge in [-0.15, -0.1) is 0 Å². The molecule has 1 heterocycles. The lowest BCUT2D eigenvalue weighted by Gasteiger charge is -2.10. The Kier molecular flexibility index (Phi) is 4.69. The van der Waals surface area contributed by atoms with Gasteiger partial charge in [-0.1, -0.05) is 36.5 Å². The fourth-order valence-corrected chi connectivity index (χ4v) is 2.24. The van der Waals surface area contributed by atoms with E-state index < -0.39 is 0 Å². The summed E-state index contributed by atoms with van der Waals surface area (Å²) in [6.45, 7) is 4.90. The summed E-state index contributed by atoms with van der Waals surface area (Å²) in [5.41, 5.74) is 10.1. The number of anilines is 1. The second kappa shape index (κ2) is 6.48. The highest BCUT2D eigenvalue weighted by Crippen LogP contribution is 2.12. The first-order valence-electron chi connectivity index (χ1n) is 6.63. The van der Waals surface area contributed by atoms with Crippen LogP contribution in [0.1, 0.15) is 22.4 Å². The molecule has 0 amide bonds. The highest BCUT2D eigenvalue weighted by Gasteiger charge is 2.03. The van der Waals surface area contributed by atoms with Crippen molar-refractivity contribution in [2.24, 2.45) is 5.73 Å². The van der Waals surface area contributed by atoms with Gasteiger partial charge in [0.25, 0.3) is 0 Å². The number of thiocarbonyl (C=S) groups is 1. The summed E-state index contributed by atoms with van der Waals surface area (Å²) in [4.78, 5) is 4.84. The van der Waals surface area contributed by atoms with Gasteiger partial charge >= 0.3 is 0 Å². The molecule has 0 unspecified atom stereocenters. The van der Waals surface area contributed by atoms with E-state index in [1.165, 1.54) is 11.1 Å². The lowest BCUT2D eigenvalue weighted by atomic mass is 10.1. The first-order valence-corrected chi connectivity index (χ1v) is 7.04. The molecule has 104 valence electrons. The molecule has 0 spiro atoms. The fourth-order valence-electron chi connectivity index (χ4n) is 2.12. The van der Waals surface area contributed by atoms with Crippen LogP contribution in [0.2, 0.25) is 0 Å². The van der Waals surface area contributed by atoms with E-state index in [1.807, 2.05) is 19.1 Å². The molecule has 20 heavy (non-hydrogen) atoms. The van der Waals surface area contributed by atoms with Crippen molar-refractivity contribution in [2.75, 3.05) is 11.9 Å². The molecule has 0 saturated heterocycles. The van der Waals surface area contributed by atoms with Crippen LogP contribution in [0.4, 0.5) is 5.82 Å². The van der Waals surface area contributed by atoms with E-state index in [0.717, 1.165) is 30.0 Å². The van der Waals surface area contributed by atoms with E-state index in [0.29, 0.717) is 4.99 Å². The number of pyridine rings is 1. The van der Waals surface area contributed by atoms with Crippen LogP contribution in [0.5, 0.6) is 0 Å². The number of nitrogens with two attached hydrogens (primary N) is 1. The Balaban J connectivity index is 2.01. The minimum Gasteiger partial charge on any atom is -0.389 e. The molecule has 0 aliphatic carbocycles. The minimum absolute atomic E-state index is 0.400. The third-order valence-electron chi connectivity index (χ3n) is 3.20. The van der Waals surface area contributed by atoms with E-state index in [1.54, 1.807) is 0 Å². The SMILES string of the molecule is Cc1cc(C(N)=S)cc(NCCc2ccccc2C)n1. The van der Waals surface area contributed by atoms with Crippen molar-refractivity contribution in [3.63, 3.8) is 0 Å². The van der Waals surface area contributed by atoms with Crippen molar-refractivity contribution in [1.82, 2.24) is 4.98 Å². The number of rotatable bonds is 5. The molecule has 1 aromatic heterocycles. The quantitative estimate of drug-likeness (QED) is 0.829. The van der Waals surface area contributed by atoms with Gasteiger partial charge in [0.05, 0.1) is 0 Å². The van der Waals surface area contributed by atoms with Crippen LogP contribution in [0, 0.1) is 13.8 Å². The predicted octanol–water partition coefficient (Wildman–Crippen LogP) is 2.99. The molecule has 0 bridgehead atoms. The van der Waals surface area contributed by atoms with Crippen LogP contribution in [0.15, 0.2) is 36.4 Å². The second-order valence-corrected chi connectivity index (χ2v) is 5.29. The zero-order valence-corrected chi connectivity index (χ0v) is 12.6. The molecule has 0 aliphatic heterocycles. The van der Waals surface area contributed by atoms with Crippen molar-refractivity contribution >= 4 is 23.0 Å². The zero-order valence-electron chi connectivity index (χ0n) is 11.8. The van der Waals surface area contributed by atoms with Crippen molar-refractivity contribution in [2.45, 2.75) is 20.3 Å². The standard InChI is InChI=1S/C16H19N3S/c1-11-5-3-4-6-13(11)7-8-18-15-10-14(16(17)20)9-12(2)19-15/h3-6,9-10H,7-8H2,1-2H3,(H2,17,20)(H,18,19). The maximum Gasteiger partial charge on any atom is 0.126 e. The van der Waals surface area contributed by atoms with E-state index in [4.69, 9.17) is 18.0 Å². The van der Waals surface area contributed by atoms with E-state index in [9.17, 15) is 0 Å². The molecule has 2 aromatic rings. The van der Waals surface area contributed by atoms with Gasteiger partial charge in [0, 0.05) is 17.8 Å². The molecule has 2 rings (SSSR count). The summed E-state index contributed by atoms with van der Waals surface area (Å²) in [5.74, 6) is 0.821. The van der Waals surface area contributed by atoms with Crippen molar-refractivity contribution in [3.05, 3.63) is 58.8 Å². The molecule has 0 atom stereocenters. The fraction of sp³-hybridized carbons (Fsp3) is 0.250. The number of benzene rings is 1. The Labute approximate surface area is 125 Å². The average molecular weight is 285 g/mol. The molecule has 0 fully saturated rings. The van der Waals surface area contributed by atoms with Gasteiger partial charge < -0.3 is 11.1 Å². The van der Waals surface area contributed by atoms with Crippen LogP contribution in [-0.4, -0.2) is 16.5 Å². The maximum atomic E-state index is 5.67. The summed E-state index contributed by atoms with van der Waals surface area (Å²) in [6.07, 6.45) is 0.963. The smallest absolute Gasteiger partial charge is 0.126 e. The highest BCUT2D eigenvalue weighted by atomic mass is 32.1. The van der Waals surface area contributed by atoms with Crippen molar-refractivity contribution in [1.29, 1.82) is 0 Å². The topological polar surface area (TPSA) is 50.9 Å². The summed E-state index contributed by atoms with van der Waals surface area (Å²) >= 11 is 5.01. The first kappa shape index (κ1) is 14.5. The molecule has 0 saturated carbocycles. The third kappa shape index (κ3) is 3.78. The van der Waals surface area contributed by atoms with Gasteiger partial charge in [-0.25, -0.2) is 4.98 Å². The Bertz CT molecular complexity index is 623. The minimum atomic E-state index is 0.400. The van der Waals surface area contributed by atoms with Gasteiger partial charge in [-0.2, -0.15) is 0 Å². The van der Waals surface area contributed by atoms with Crippen LogP contribution in [-0.2, 0) is 6.42 Å². The van der Waals surface area contributed by atoms with Crippen LogP contribution >= 0.6 is 12.2 Å². The number of nitrogens with one attached hydrogen (secondary N) is 1. The number of nitrogens with zero attached hydrogens (tertiary/aromatic N) is 1. The predicted molar refractivity (Wildman–Crippen MR) is 88.2 cm³/mol. The van der Waals surface area contributed by atoms with Crippen molar-refractivity contribution < 1.29 is 0 Å². The van der Waals surface area contributed by atoms with Crippen molar-refractivity contribution in [3.8, 4) is 0 Å². The number of hydrogen-bond donors (Lipinski definition) is 2. The summed E-state index contributed by atoms with van der Waals surface area (Å²) in [6, 6.07) is 12.2. The largest absolute Gasteiger partial charge is 0.389 e.